The van der Waals surface area contributed by atoms with Gasteiger partial charge in [-0.1, -0.05) is 32.0 Å². The van der Waals surface area contributed by atoms with Crippen molar-refractivity contribution in [2.45, 2.75) is 77.2 Å². The van der Waals surface area contributed by atoms with Crippen LogP contribution in [-0.4, -0.2) is 113 Å². The van der Waals surface area contributed by atoms with Crippen LogP contribution in [0.25, 0.3) is 0 Å². The van der Waals surface area contributed by atoms with Crippen molar-refractivity contribution in [2.24, 2.45) is 5.92 Å². The minimum Gasteiger partial charge on any atom is -0.484 e. The summed E-state index contributed by atoms with van der Waals surface area (Å²) >= 11 is 0. The quantitative estimate of drug-likeness (QED) is 0.437. The first-order valence-corrected chi connectivity index (χ1v) is 16.9. The molecule has 13 nitrogen and oxygen atoms in total. The second kappa shape index (κ2) is 16.1. The molecule has 258 valence electrons. The van der Waals surface area contributed by atoms with E-state index in [2.05, 4.69) is 25.8 Å². The van der Waals surface area contributed by atoms with Crippen LogP contribution in [0.3, 0.4) is 0 Å². The van der Waals surface area contributed by atoms with Gasteiger partial charge in [0, 0.05) is 51.9 Å². The van der Waals surface area contributed by atoms with E-state index in [1.807, 2.05) is 32.0 Å². The number of benzene rings is 1. The summed E-state index contributed by atoms with van der Waals surface area (Å²) in [5.74, 6) is -1.71. The number of aromatic nitrogens is 1. The second-order valence-electron chi connectivity index (χ2n) is 13.2. The van der Waals surface area contributed by atoms with Crippen LogP contribution in [0.5, 0.6) is 5.75 Å². The van der Waals surface area contributed by atoms with Gasteiger partial charge in [0.05, 0.1) is 5.69 Å². The van der Waals surface area contributed by atoms with E-state index in [9.17, 15) is 24.0 Å². The van der Waals surface area contributed by atoms with Crippen LogP contribution in [0.4, 0.5) is 0 Å². The minimum absolute atomic E-state index is 0.197. The monoisotopic (exact) mass is 661 g/mol. The van der Waals surface area contributed by atoms with Crippen LogP contribution >= 0.6 is 0 Å². The third kappa shape index (κ3) is 8.88. The van der Waals surface area contributed by atoms with E-state index in [-0.39, 0.29) is 30.8 Å². The average Bonchev–Trinajstić information content (AvgIpc) is 3.46. The van der Waals surface area contributed by atoms with Gasteiger partial charge in [0.1, 0.15) is 29.9 Å². The number of ether oxygens (including phenoxy) is 1. The zero-order valence-electron chi connectivity index (χ0n) is 28.0. The lowest BCUT2D eigenvalue weighted by atomic mass is 10.0. The Morgan fingerprint density at radius 3 is 2.44 bits per heavy atom. The van der Waals surface area contributed by atoms with Crippen LogP contribution in [-0.2, 0) is 36.9 Å². The topological polar surface area (TPSA) is 153 Å². The molecule has 1 aromatic carbocycles. The molecule has 6 rings (SSSR count). The first-order valence-electron chi connectivity index (χ1n) is 16.9. The third-order valence-electron chi connectivity index (χ3n) is 9.20. The maximum Gasteiger partial charge on any atom is 0.258 e. The molecule has 5 heterocycles. The van der Waals surface area contributed by atoms with Gasteiger partial charge in [-0.3, -0.25) is 33.9 Å². The normalized spacial score (nSPS) is 25.2. The zero-order chi connectivity index (χ0) is 34.2. The van der Waals surface area contributed by atoms with Gasteiger partial charge in [0.25, 0.3) is 5.91 Å². The molecule has 4 aliphatic rings. The molecule has 0 spiro atoms. The predicted molar refractivity (Wildman–Crippen MR) is 177 cm³/mol. The molecule has 0 aliphatic carbocycles. The summed E-state index contributed by atoms with van der Waals surface area (Å²) < 4.78 is 5.72. The standard InChI is InChI=1S/C35H47N7O6/c1-23(2)31-35(47)42-17-6-9-29(42)33(45)37-24(3)32(44)38-28(20-25-10-12-27(13-11-25)48-22-30(43)39-31)34(46)41-16-7-15-40(18-19-41)21-26-8-4-5-14-36-26/h4-5,8,10-14,23-24,28-29,31H,6-7,9,15-22H2,1-3H3,(H,37,45)(H,38,44)(H,39,43)/t24-,28-,29+,31-/m0/s1. The number of hydrogen-bond acceptors (Lipinski definition) is 8. The molecule has 0 unspecified atom stereocenters. The summed E-state index contributed by atoms with van der Waals surface area (Å²) in [6.07, 6.45) is 3.83. The van der Waals surface area contributed by atoms with E-state index in [1.54, 1.807) is 42.3 Å². The molecule has 0 saturated carbocycles. The van der Waals surface area contributed by atoms with Crippen molar-refractivity contribution in [1.29, 1.82) is 0 Å². The molecule has 3 N–H and O–H groups in total. The number of nitrogens with one attached hydrogen (secondary N) is 3. The molecule has 1 aromatic heterocycles. The number of hydrogen-bond donors (Lipinski definition) is 3. The number of pyridine rings is 1. The summed E-state index contributed by atoms with van der Waals surface area (Å²) in [7, 11) is 0. The van der Waals surface area contributed by atoms with Crippen LogP contribution in [0.2, 0.25) is 0 Å². The van der Waals surface area contributed by atoms with Gasteiger partial charge in [-0.2, -0.15) is 0 Å². The largest absolute Gasteiger partial charge is 0.484 e. The van der Waals surface area contributed by atoms with E-state index in [4.69, 9.17) is 4.74 Å². The van der Waals surface area contributed by atoms with E-state index >= 15 is 0 Å². The van der Waals surface area contributed by atoms with Crippen LogP contribution in [0.1, 0.15) is 51.3 Å². The van der Waals surface area contributed by atoms with Crippen LogP contribution in [0, 0.1) is 5.92 Å². The lowest BCUT2D eigenvalue weighted by Gasteiger charge is -2.31. The molecule has 13 heteroatoms. The van der Waals surface area contributed by atoms with Crippen LogP contribution in [0.15, 0.2) is 48.7 Å². The van der Waals surface area contributed by atoms with Crippen LogP contribution < -0.4 is 20.7 Å². The van der Waals surface area contributed by atoms with Crippen molar-refractivity contribution >= 4 is 29.5 Å². The summed E-state index contributed by atoms with van der Waals surface area (Å²) in [5.41, 5.74) is 1.76. The van der Waals surface area contributed by atoms with Gasteiger partial charge < -0.3 is 30.5 Å². The highest BCUT2D eigenvalue weighted by molar-refractivity contribution is 5.96. The van der Waals surface area contributed by atoms with E-state index < -0.39 is 41.9 Å². The van der Waals surface area contributed by atoms with Crippen molar-refractivity contribution in [2.75, 3.05) is 39.3 Å². The molecule has 5 amide bonds. The highest BCUT2D eigenvalue weighted by atomic mass is 16.5. The number of carbonyl (C=O) groups is 5. The van der Waals surface area contributed by atoms with Crippen molar-refractivity contribution in [3.63, 3.8) is 0 Å². The van der Waals surface area contributed by atoms with E-state index in [0.29, 0.717) is 51.3 Å². The Kier molecular flexibility index (Phi) is 11.6. The van der Waals surface area contributed by atoms with Gasteiger partial charge in [-0.25, -0.2) is 0 Å². The summed E-state index contributed by atoms with van der Waals surface area (Å²) in [6, 6.07) is 9.40. The SMILES string of the molecule is CC(C)[C@@H]1NC(=O)COc2ccc(cc2)C[C@@H](C(=O)N2CCCN(Cc3ccccn3)CC2)NC(=O)[C@H](C)NC(=O)[C@H]2CCCN2C1=O. The van der Waals surface area contributed by atoms with Gasteiger partial charge >= 0.3 is 0 Å². The highest BCUT2D eigenvalue weighted by Gasteiger charge is 2.39. The molecular weight excluding hydrogens is 614 g/mol. The predicted octanol–water partition coefficient (Wildman–Crippen LogP) is 0.872. The number of amides is 5. The molecule has 4 aliphatic heterocycles. The molecule has 2 fully saturated rings. The Bertz CT molecular complexity index is 1450. The lowest BCUT2D eigenvalue weighted by Crippen LogP contribution is -2.58. The summed E-state index contributed by atoms with van der Waals surface area (Å²) in [6.45, 7) is 8.54. The Morgan fingerprint density at radius 2 is 1.71 bits per heavy atom. The fourth-order valence-electron chi connectivity index (χ4n) is 6.48. The van der Waals surface area contributed by atoms with E-state index in [0.717, 1.165) is 24.2 Å². The molecule has 4 atom stereocenters. The molecule has 2 saturated heterocycles. The minimum atomic E-state index is -0.957. The first kappa shape index (κ1) is 34.8. The Labute approximate surface area is 281 Å². The highest BCUT2D eigenvalue weighted by Crippen LogP contribution is 2.21. The summed E-state index contributed by atoms with van der Waals surface area (Å²) in [5, 5.41) is 8.47. The zero-order valence-corrected chi connectivity index (χ0v) is 28.0. The number of nitrogens with zero attached hydrogens (tertiary/aromatic N) is 4. The van der Waals surface area contributed by atoms with Crippen molar-refractivity contribution < 1.29 is 28.7 Å². The van der Waals surface area contributed by atoms with Crippen molar-refractivity contribution in [3.05, 3.63) is 59.9 Å². The molecule has 0 radical (unpaired) electrons. The maximum absolute atomic E-state index is 14.0. The molecular formula is C35H47N7O6. The summed E-state index contributed by atoms with van der Waals surface area (Å²) in [4.78, 5) is 77.5. The van der Waals surface area contributed by atoms with Gasteiger partial charge in [0.15, 0.2) is 6.61 Å². The average molecular weight is 662 g/mol. The van der Waals surface area contributed by atoms with Gasteiger partial charge in [0.2, 0.25) is 23.6 Å². The number of fused-ring (bicyclic) bond motifs is 13. The Morgan fingerprint density at radius 1 is 0.917 bits per heavy atom. The Balaban J connectivity index is 1.34. The second-order valence-corrected chi connectivity index (χ2v) is 13.2. The van der Waals surface area contributed by atoms with E-state index in [1.165, 1.54) is 4.90 Å². The van der Waals surface area contributed by atoms with Gasteiger partial charge in [-0.05, 0) is 61.9 Å². The van der Waals surface area contributed by atoms with Crippen molar-refractivity contribution in [3.8, 4) is 5.75 Å². The first-order chi connectivity index (χ1) is 23.1. The smallest absolute Gasteiger partial charge is 0.258 e. The molecule has 48 heavy (non-hydrogen) atoms. The van der Waals surface area contributed by atoms with Gasteiger partial charge in [-0.15, -0.1) is 0 Å². The Hall–Kier alpha value is -4.52. The molecule has 2 aromatic rings. The fraction of sp³-hybridized carbons (Fsp3) is 0.543. The number of rotatable bonds is 4. The van der Waals surface area contributed by atoms with Crippen molar-refractivity contribution in [1.82, 2.24) is 35.6 Å². The lowest BCUT2D eigenvalue weighted by molar-refractivity contribution is -0.143. The molecule has 2 bridgehead atoms. The number of carbonyl (C=O) groups excluding carboxylic acids is 5. The third-order valence-corrected chi connectivity index (χ3v) is 9.20. The maximum atomic E-state index is 14.0. The fourth-order valence-corrected chi connectivity index (χ4v) is 6.48.